The predicted octanol–water partition coefficient (Wildman–Crippen LogP) is -0.154. The van der Waals surface area contributed by atoms with Crippen LogP contribution < -0.4 is 5.32 Å². The topological polar surface area (TPSA) is 207 Å². The zero-order chi connectivity index (χ0) is 31.6. The molecule has 3 rings (SSSR count). The maximum absolute atomic E-state index is 14.8. The standard InChI is InChI=1S/C22H31B3ClFN4O9P2/c1-2-11(9-40-42(38,39)10-41(35,36)37)17(32)18(33)21(34)31-20-13(8-28-31)15(7-16(26)30-20)29-19(22(23,24)25)12-5-3-4-6-14(12)27/h2-8,17-19,21,32-34H,9-10,23-25H2,1H3,(H,29,30)(H,38,39)(H2,35,36,37)/b11-2-/t17-,18-,19?,21-/m1/s1. The van der Waals surface area contributed by atoms with Crippen LogP contribution in [0.15, 0.2) is 48.2 Å². The minimum absolute atomic E-state index is 0.0125. The van der Waals surface area contributed by atoms with Gasteiger partial charge in [-0.05, 0) is 24.6 Å². The molecule has 0 aliphatic carbocycles. The number of aliphatic hydroxyl groups excluding tert-OH is 3. The van der Waals surface area contributed by atoms with Gasteiger partial charge in [-0.25, -0.2) is 14.1 Å². The smallest absolute Gasteiger partial charge is 0.340 e. The lowest BCUT2D eigenvalue weighted by Gasteiger charge is -2.33. The molecule has 2 heterocycles. The molecule has 0 amide bonds. The summed E-state index contributed by atoms with van der Waals surface area (Å²) in [5.41, 5.74) is 0.674. The number of halogens is 2. The van der Waals surface area contributed by atoms with Crippen LogP contribution in [0.25, 0.3) is 11.0 Å². The summed E-state index contributed by atoms with van der Waals surface area (Å²) in [6.07, 6.45) is -3.16. The third-order valence-electron chi connectivity index (χ3n) is 6.34. The number of hydrogen-bond acceptors (Lipinski definition) is 9. The summed E-state index contributed by atoms with van der Waals surface area (Å²) in [4.78, 5) is 31.8. The number of rotatable bonds is 13. The van der Waals surface area contributed by atoms with E-state index in [0.717, 1.165) is 4.68 Å². The van der Waals surface area contributed by atoms with Crippen molar-refractivity contribution in [2.75, 3.05) is 17.8 Å². The van der Waals surface area contributed by atoms with Gasteiger partial charge in [-0.2, -0.15) is 5.10 Å². The molecule has 0 aliphatic heterocycles. The van der Waals surface area contributed by atoms with E-state index in [0.29, 0.717) is 16.6 Å². The van der Waals surface area contributed by atoms with Gasteiger partial charge in [-0.1, -0.05) is 41.0 Å². The SMILES string of the molecule is BC(B)(B)C(Nc1cc(Cl)nc2c1cnn2[C@H](O)[C@H](O)[C@H](O)/C(=C\C)COP(=O)(O)CP(=O)(O)O)c1ccccc1F. The Morgan fingerprint density at radius 2 is 1.86 bits per heavy atom. The van der Waals surface area contributed by atoms with Gasteiger partial charge in [0.15, 0.2) is 17.8 Å². The predicted molar refractivity (Wildman–Crippen MR) is 163 cm³/mol. The van der Waals surface area contributed by atoms with E-state index < -0.39 is 63.1 Å². The Labute approximate surface area is 248 Å². The van der Waals surface area contributed by atoms with Gasteiger partial charge in [0.1, 0.15) is 23.2 Å². The summed E-state index contributed by atoms with van der Waals surface area (Å²) < 4.78 is 43.5. The molecule has 13 nitrogen and oxygen atoms in total. The number of aliphatic hydroxyl groups is 3. The zero-order valence-electron chi connectivity index (χ0n) is 23.2. The second-order valence-corrected chi connectivity index (χ2v) is 15.1. The van der Waals surface area contributed by atoms with Crippen LogP contribution in [0.1, 0.15) is 24.8 Å². The summed E-state index contributed by atoms with van der Waals surface area (Å²) in [5.74, 6) is -1.85. The Kier molecular flexibility index (Phi) is 10.9. The highest BCUT2D eigenvalue weighted by Gasteiger charge is 2.35. The van der Waals surface area contributed by atoms with Crippen molar-refractivity contribution in [2.45, 2.75) is 36.5 Å². The molecule has 0 spiro atoms. The minimum Gasteiger partial charge on any atom is -0.386 e. The first-order valence-electron chi connectivity index (χ1n) is 12.6. The normalized spacial score (nSPS) is 17.4. The van der Waals surface area contributed by atoms with Crippen LogP contribution in [0.5, 0.6) is 0 Å². The largest absolute Gasteiger partial charge is 0.386 e. The maximum atomic E-state index is 14.8. The highest BCUT2D eigenvalue weighted by Crippen LogP contribution is 2.55. The van der Waals surface area contributed by atoms with E-state index in [1.165, 1.54) is 31.3 Å². The van der Waals surface area contributed by atoms with E-state index >= 15 is 0 Å². The molecule has 0 bridgehead atoms. The fourth-order valence-corrected chi connectivity index (χ4v) is 6.97. The van der Waals surface area contributed by atoms with Crippen LogP contribution in [0, 0.1) is 5.82 Å². The second kappa shape index (κ2) is 13.3. The number of allylic oxidation sites excluding steroid dienone is 1. The Hall–Kier alpha value is -2.03. The molecule has 20 heteroatoms. The molecule has 0 aliphatic rings. The van der Waals surface area contributed by atoms with E-state index in [1.54, 1.807) is 18.2 Å². The van der Waals surface area contributed by atoms with Crippen molar-refractivity contribution < 1.29 is 48.0 Å². The monoisotopic (exact) mass is 644 g/mol. The van der Waals surface area contributed by atoms with E-state index in [4.69, 9.17) is 25.9 Å². The van der Waals surface area contributed by atoms with Gasteiger partial charge in [-0.3, -0.25) is 9.13 Å². The van der Waals surface area contributed by atoms with Crippen molar-refractivity contribution in [3.8, 4) is 0 Å². The average molecular weight is 644 g/mol. The van der Waals surface area contributed by atoms with Gasteiger partial charge in [0.2, 0.25) is 0 Å². The highest BCUT2D eigenvalue weighted by molar-refractivity contribution is 7.70. The number of hydrogen-bond donors (Lipinski definition) is 7. The number of benzene rings is 1. The summed E-state index contributed by atoms with van der Waals surface area (Å²) in [6, 6.07) is 7.29. The fourth-order valence-electron chi connectivity index (χ4n) is 4.24. The first-order valence-corrected chi connectivity index (χ1v) is 16.5. The van der Waals surface area contributed by atoms with Gasteiger partial charge in [-0.15, -0.1) is 0 Å². The lowest BCUT2D eigenvalue weighted by atomic mass is 9.39. The number of nitrogens with zero attached hydrogens (tertiary/aromatic N) is 3. The number of fused-ring (bicyclic) bond motifs is 1. The number of nitrogens with one attached hydrogen (secondary N) is 1. The number of pyridine rings is 1. The summed E-state index contributed by atoms with van der Waals surface area (Å²) in [7, 11) is -3.86. The molecule has 5 atom stereocenters. The average Bonchev–Trinajstić information content (AvgIpc) is 3.28. The third kappa shape index (κ3) is 8.54. The molecule has 226 valence electrons. The zero-order valence-corrected chi connectivity index (χ0v) is 25.7. The Balaban J connectivity index is 1.90. The van der Waals surface area contributed by atoms with Crippen LogP contribution in [0.3, 0.4) is 0 Å². The van der Waals surface area contributed by atoms with Crippen molar-refractivity contribution in [1.29, 1.82) is 0 Å². The van der Waals surface area contributed by atoms with Crippen molar-refractivity contribution >= 4 is 67.1 Å². The Morgan fingerprint density at radius 3 is 2.43 bits per heavy atom. The first-order chi connectivity index (χ1) is 19.3. The molecule has 0 saturated heterocycles. The van der Waals surface area contributed by atoms with Gasteiger partial charge in [0.05, 0.1) is 47.4 Å². The Morgan fingerprint density at radius 1 is 1.21 bits per heavy atom. The molecular formula is C22H31B3ClFN4O9P2. The molecule has 2 unspecified atom stereocenters. The van der Waals surface area contributed by atoms with Crippen LogP contribution in [-0.4, -0.2) is 93.0 Å². The fraction of sp³-hybridized carbons (Fsp3) is 0.364. The third-order valence-corrected chi connectivity index (χ3v) is 9.97. The Bertz CT molecular complexity index is 1560. The van der Waals surface area contributed by atoms with Gasteiger partial charge < -0.3 is 39.8 Å². The molecule has 7 N–H and O–H groups in total. The molecular weight excluding hydrogens is 613 g/mol. The number of aromatic nitrogens is 3. The lowest BCUT2D eigenvalue weighted by molar-refractivity contribution is -0.0845. The van der Waals surface area contributed by atoms with Gasteiger partial charge >= 0.3 is 15.2 Å². The minimum atomic E-state index is -4.88. The van der Waals surface area contributed by atoms with Crippen molar-refractivity contribution in [3.63, 3.8) is 0 Å². The maximum Gasteiger partial charge on any atom is 0.340 e. The van der Waals surface area contributed by atoms with Crippen LogP contribution in [-0.2, 0) is 13.7 Å². The van der Waals surface area contributed by atoms with E-state index in [9.17, 15) is 33.7 Å². The van der Waals surface area contributed by atoms with Crippen LogP contribution >= 0.6 is 26.8 Å². The molecule has 1 aromatic carbocycles. The van der Waals surface area contributed by atoms with E-state index in [1.807, 2.05) is 23.5 Å². The molecule has 42 heavy (non-hydrogen) atoms. The van der Waals surface area contributed by atoms with Crippen molar-refractivity contribution in [1.82, 2.24) is 14.8 Å². The van der Waals surface area contributed by atoms with Gasteiger partial charge in [0, 0.05) is 11.6 Å². The molecule has 0 radical (unpaired) electrons. The van der Waals surface area contributed by atoms with Crippen LogP contribution in [0.4, 0.5) is 10.1 Å². The summed E-state index contributed by atoms with van der Waals surface area (Å²) >= 11 is 6.29. The molecule has 0 fully saturated rings. The summed E-state index contributed by atoms with van der Waals surface area (Å²) in [6.45, 7) is 0.632. The highest BCUT2D eigenvalue weighted by atomic mass is 35.5. The van der Waals surface area contributed by atoms with E-state index in [2.05, 4.69) is 15.4 Å². The molecule has 0 saturated carbocycles. The van der Waals surface area contributed by atoms with Crippen molar-refractivity contribution in [2.24, 2.45) is 0 Å². The van der Waals surface area contributed by atoms with Gasteiger partial charge in [0.25, 0.3) is 0 Å². The van der Waals surface area contributed by atoms with E-state index in [-0.39, 0.29) is 16.4 Å². The first kappa shape index (κ1) is 34.5. The molecule has 2 aromatic heterocycles. The number of anilines is 1. The molecule has 3 aromatic rings. The summed E-state index contributed by atoms with van der Waals surface area (Å²) in [5, 5.41) is 39.7. The van der Waals surface area contributed by atoms with Crippen LogP contribution in [0.2, 0.25) is 10.3 Å². The lowest BCUT2D eigenvalue weighted by Crippen LogP contribution is -2.37. The quantitative estimate of drug-likeness (QED) is 0.0561. The van der Waals surface area contributed by atoms with Crippen molar-refractivity contribution in [3.05, 3.63) is 64.7 Å². The second-order valence-electron chi connectivity index (χ2n) is 10.7.